The second-order valence-electron chi connectivity index (χ2n) is 10.7. The molecule has 5 aromatic rings. The fourth-order valence-corrected chi connectivity index (χ4v) is 5.25. The highest BCUT2D eigenvalue weighted by atomic mass is 16.5. The Bertz CT molecular complexity index is 1760. The van der Waals surface area contributed by atoms with Crippen molar-refractivity contribution in [1.29, 1.82) is 0 Å². The zero-order valence-corrected chi connectivity index (χ0v) is 24.4. The summed E-state index contributed by atoms with van der Waals surface area (Å²) in [6, 6.07) is 8.31. The summed E-state index contributed by atoms with van der Waals surface area (Å²) in [4.78, 5) is 4.66. The van der Waals surface area contributed by atoms with Crippen LogP contribution in [0.3, 0.4) is 0 Å². The molecule has 40 heavy (non-hydrogen) atoms. The van der Waals surface area contributed by atoms with Gasteiger partial charge in [0.05, 0.1) is 18.3 Å². The molecule has 0 fully saturated rings. The van der Waals surface area contributed by atoms with Crippen molar-refractivity contribution in [2.45, 2.75) is 47.1 Å². The van der Waals surface area contributed by atoms with E-state index in [1.807, 2.05) is 36.1 Å². The molecule has 8 nitrogen and oxygen atoms in total. The van der Waals surface area contributed by atoms with Crippen LogP contribution in [0.4, 0.5) is 0 Å². The van der Waals surface area contributed by atoms with Gasteiger partial charge in [-0.05, 0) is 37.8 Å². The molecule has 206 valence electrons. The molecule has 0 saturated heterocycles. The number of hydrogen-bond donors (Lipinski definition) is 0. The van der Waals surface area contributed by atoms with Crippen LogP contribution < -0.4 is 4.74 Å². The summed E-state index contributed by atoms with van der Waals surface area (Å²) in [5, 5.41) is 16.6. The molecule has 8 heteroatoms. The van der Waals surface area contributed by atoms with Gasteiger partial charge in [-0.15, -0.1) is 0 Å². The van der Waals surface area contributed by atoms with Gasteiger partial charge in [-0.25, -0.2) is 4.68 Å². The Hall–Kier alpha value is -4.46. The minimum Gasteiger partial charge on any atom is -0.479 e. The first kappa shape index (κ1) is 27.1. The molecule has 0 spiro atoms. The van der Waals surface area contributed by atoms with Gasteiger partial charge in [-0.3, -0.25) is 9.36 Å². The van der Waals surface area contributed by atoms with Gasteiger partial charge in [-0.1, -0.05) is 69.4 Å². The van der Waals surface area contributed by atoms with Crippen molar-refractivity contribution in [3.05, 3.63) is 84.4 Å². The van der Waals surface area contributed by atoms with Gasteiger partial charge in [0.2, 0.25) is 5.88 Å². The summed E-state index contributed by atoms with van der Waals surface area (Å²) < 4.78 is 11.5. The Kier molecular flexibility index (Phi) is 7.43. The first-order valence-corrected chi connectivity index (χ1v) is 13.6. The highest BCUT2D eigenvalue weighted by Crippen LogP contribution is 2.37. The fourth-order valence-electron chi connectivity index (χ4n) is 5.25. The van der Waals surface area contributed by atoms with Crippen LogP contribution >= 0.6 is 0 Å². The molecule has 0 radical (unpaired) electrons. The first-order valence-electron chi connectivity index (χ1n) is 13.6. The van der Waals surface area contributed by atoms with Crippen LogP contribution in [0.2, 0.25) is 0 Å². The number of hydrogen-bond acceptors (Lipinski definition) is 5. The van der Waals surface area contributed by atoms with E-state index in [0.29, 0.717) is 17.4 Å². The molecule has 0 aliphatic carbocycles. The third-order valence-corrected chi connectivity index (χ3v) is 7.41. The number of rotatable bonds is 9. The number of allylic oxidation sites excluding steroid dienone is 5. The van der Waals surface area contributed by atoms with Gasteiger partial charge in [-0.2, -0.15) is 20.3 Å². The average molecular weight is 536 g/mol. The topological polar surface area (TPSA) is 75.6 Å². The van der Waals surface area contributed by atoms with Crippen molar-refractivity contribution in [2.24, 2.45) is 13.0 Å². The highest BCUT2D eigenvalue weighted by Gasteiger charge is 2.24. The molecule has 0 N–H and O–H groups in total. The average Bonchev–Trinajstić information content (AvgIpc) is 3.60. The maximum absolute atomic E-state index is 5.70. The van der Waals surface area contributed by atoms with Crippen molar-refractivity contribution in [2.75, 3.05) is 7.11 Å². The van der Waals surface area contributed by atoms with E-state index in [2.05, 4.69) is 86.4 Å². The molecule has 5 rings (SSSR count). The second-order valence-corrected chi connectivity index (χ2v) is 10.7. The summed E-state index contributed by atoms with van der Waals surface area (Å²) in [6.45, 7) is 15.4. The maximum atomic E-state index is 5.70. The Morgan fingerprint density at radius 2 is 1.90 bits per heavy atom. The van der Waals surface area contributed by atoms with Gasteiger partial charge < -0.3 is 4.74 Å². The smallest absolute Gasteiger partial charge is 0.241 e. The van der Waals surface area contributed by atoms with Crippen LogP contribution in [0.25, 0.3) is 38.9 Å². The van der Waals surface area contributed by atoms with E-state index in [4.69, 9.17) is 14.9 Å². The Balaban J connectivity index is 1.61. The Morgan fingerprint density at radius 1 is 1.10 bits per heavy atom. The summed E-state index contributed by atoms with van der Waals surface area (Å²) in [5.41, 5.74) is 7.94. The molecule has 0 bridgehead atoms. The molecular weight excluding hydrogens is 498 g/mol. The third-order valence-electron chi connectivity index (χ3n) is 7.41. The van der Waals surface area contributed by atoms with Crippen LogP contribution in [0.1, 0.15) is 44.9 Å². The maximum Gasteiger partial charge on any atom is 0.241 e. The van der Waals surface area contributed by atoms with Crippen LogP contribution in [0.15, 0.2) is 73.1 Å². The zero-order chi connectivity index (χ0) is 28.6. The molecule has 0 amide bonds. The second kappa shape index (κ2) is 11.0. The van der Waals surface area contributed by atoms with Crippen molar-refractivity contribution in [1.82, 2.24) is 34.3 Å². The van der Waals surface area contributed by atoms with E-state index in [-0.39, 0.29) is 5.92 Å². The molecule has 1 aromatic carbocycles. The fraction of sp³-hybridized carbons (Fsp3) is 0.312. The first-order chi connectivity index (χ1) is 19.2. The summed E-state index contributed by atoms with van der Waals surface area (Å²) in [5.74, 6) is 1.08. The summed E-state index contributed by atoms with van der Waals surface area (Å²) in [7, 11) is 3.52. The molecule has 0 aliphatic rings. The Morgan fingerprint density at radius 3 is 2.62 bits per heavy atom. The van der Waals surface area contributed by atoms with Gasteiger partial charge in [0.15, 0.2) is 5.65 Å². The predicted molar refractivity (Wildman–Crippen MR) is 162 cm³/mol. The number of aryl methyl sites for hydroxylation is 1. The lowest BCUT2D eigenvalue weighted by molar-refractivity contribution is 0.396. The summed E-state index contributed by atoms with van der Waals surface area (Å²) >= 11 is 0. The van der Waals surface area contributed by atoms with E-state index in [1.54, 1.807) is 17.9 Å². The number of methoxy groups -OCH3 is 1. The molecular formula is C32H37N7O. The standard InChI is InChI=1S/C32H37N7O/c1-9-10-11-13-21(4)22(5)17-38-19-26-25(14-12-15-27(26)34-38)30-29(20(2)3)23(6)39(35-30)28-16-24-18-37(7)36-31(24)33-32(28)40-8/h9-16,18-20,22H,1,17H2,2-8H3/b11-10-,21-13+/t22-/m0/s1. The molecule has 0 unspecified atom stereocenters. The number of nitrogens with zero attached hydrogens (tertiary/aromatic N) is 7. The lowest BCUT2D eigenvalue weighted by atomic mass is 9.95. The molecule has 4 heterocycles. The van der Waals surface area contributed by atoms with Gasteiger partial charge in [0, 0.05) is 53.6 Å². The number of ether oxygens (including phenoxy) is 1. The largest absolute Gasteiger partial charge is 0.479 e. The van der Waals surface area contributed by atoms with Crippen molar-refractivity contribution < 1.29 is 4.74 Å². The highest BCUT2D eigenvalue weighted by molar-refractivity contribution is 5.94. The minimum absolute atomic E-state index is 0.256. The minimum atomic E-state index is 0.256. The molecule has 4 aromatic heterocycles. The number of aromatic nitrogens is 7. The van der Waals surface area contributed by atoms with E-state index in [1.165, 1.54) is 11.1 Å². The molecule has 1 atom stereocenters. The third kappa shape index (κ3) is 4.97. The van der Waals surface area contributed by atoms with Crippen LogP contribution in [-0.4, -0.2) is 41.4 Å². The summed E-state index contributed by atoms with van der Waals surface area (Å²) in [6.07, 6.45) is 12.0. The van der Waals surface area contributed by atoms with Gasteiger partial charge in [0.1, 0.15) is 5.69 Å². The van der Waals surface area contributed by atoms with Gasteiger partial charge >= 0.3 is 0 Å². The SMILES string of the molecule is C=C/C=C\C=C(/C)[C@@H](C)Cn1cc2c(-c3nn(-c4cc5cn(C)nc5nc4OC)c(C)c3C(C)C)cccc2n1. The van der Waals surface area contributed by atoms with Crippen LogP contribution in [0, 0.1) is 12.8 Å². The van der Waals surface area contributed by atoms with E-state index < -0.39 is 0 Å². The van der Waals surface area contributed by atoms with Crippen molar-refractivity contribution >= 4 is 21.9 Å². The normalized spacial score (nSPS) is 13.2. The predicted octanol–water partition coefficient (Wildman–Crippen LogP) is 6.94. The van der Waals surface area contributed by atoms with E-state index in [9.17, 15) is 0 Å². The number of benzene rings is 1. The monoisotopic (exact) mass is 535 g/mol. The van der Waals surface area contributed by atoms with Crippen LogP contribution in [0.5, 0.6) is 5.88 Å². The number of pyridine rings is 1. The van der Waals surface area contributed by atoms with Gasteiger partial charge in [0.25, 0.3) is 0 Å². The van der Waals surface area contributed by atoms with Crippen LogP contribution in [-0.2, 0) is 13.6 Å². The quantitative estimate of drug-likeness (QED) is 0.191. The zero-order valence-electron chi connectivity index (χ0n) is 24.4. The lowest BCUT2D eigenvalue weighted by Gasteiger charge is -2.11. The lowest BCUT2D eigenvalue weighted by Crippen LogP contribution is -2.09. The van der Waals surface area contributed by atoms with Crippen molar-refractivity contribution in [3.8, 4) is 22.8 Å². The number of fused-ring (bicyclic) bond motifs is 2. The van der Waals surface area contributed by atoms with E-state index in [0.717, 1.165) is 45.5 Å². The van der Waals surface area contributed by atoms with Crippen molar-refractivity contribution in [3.63, 3.8) is 0 Å². The Labute approximate surface area is 235 Å². The molecule has 0 saturated carbocycles. The molecule has 0 aliphatic heterocycles. The van der Waals surface area contributed by atoms with E-state index >= 15 is 0 Å².